The number of nitrogens with two attached hydrogens (primary N) is 1. The van der Waals surface area contributed by atoms with Crippen LogP contribution in [0.2, 0.25) is 0 Å². The van der Waals surface area contributed by atoms with Gasteiger partial charge in [0, 0.05) is 13.0 Å². The lowest BCUT2D eigenvalue weighted by atomic mass is 9.43. The Kier molecular flexibility index (Phi) is 15.7. The molecule has 2 bridgehead atoms. The average Bonchev–Trinajstić information content (AvgIpc) is 3.84. The number of hydrogen-bond acceptors (Lipinski definition) is 10. The van der Waals surface area contributed by atoms with Crippen LogP contribution in [0.4, 0.5) is 8.78 Å². The van der Waals surface area contributed by atoms with Gasteiger partial charge in [0.25, 0.3) is 0 Å². The minimum atomic E-state index is -1.54. The number of likely N-dealkylation sites (tertiary alicyclic amines) is 1. The Labute approximate surface area is 366 Å². The number of halogens is 2. The van der Waals surface area contributed by atoms with Crippen molar-refractivity contribution in [2.24, 2.45) is 34.8 Å². The first-order valence-electron chi connectivity index (χ1n) is 21.9. The highest BCUT2D eigenvalue weighted by Gasteiger charge is 2.68. The predicted molar refractivity (Wildman–Crippen MR) is 224 cm³/mol. The van der Waals surface area contributed by atoms with Crippen LogP contribution in [0.3, 0.4) is 0 Å². The lowest BCUT2D eigenvalue weighted by Gasteiger charge is -2.64. The molecule has 0 unspecified atom stereocenters. The molecule has 63 heavy (non-hydrogen) atoms. The molecule has 348 valence electrons. The van der Waals surface area contributed by atoms with Crippen LogP contribution in [0.25, 0.3) is 0 Å². The Balaban J connectivity index is 1.30. The fourth-order valence-electron chi connectivity index (χ4n) is 9.80. The van der Waals surface area contributed by atoms with Crippen molar-refractivity contribution >= 4 is 48.6 Å². The molecule has 8 N–H and O–H groups in total. The fourth-order valence-corrected chi connectivity index (χ4v) is 9.80. The van der Waals surface area contributed by atoms with E-state index in [0.29, 0.717) is 18.8 Å². The number of carbonyl (C=O) groups is 7. The first kappa shape index (κ1) is 49.3. The van der Waals surface area contributed by atoms with Crippen LogP contribution in [0, 0.1) is 40.7 Å². The molecule has 1 aromatic rings. The van der Waals surface area contributed by atoms with E-state index in [9.17, 15) is 47.4 Å². The molecule has 17 nitrogen and oxygen atoms in total. The van der Waals surface area contributed by atoms with E-state index < -0.39 is 133 Å². The van der Waals surface area contributed by atoms with Gasteiger partial charge in [-0.3, -0.25) is 33.6 Å². The number of aliphatic carboxylic acids is 2. The average molecular weight is 889 g/mol. The summed E-state index contributed by atoms with van der Waals surface area (Å²) < 4.78 is 42.2. The molecule has 0 aromatic heterocycles. The maximum Gasteiger partial charge on any atom is 0.481 e. The van der Waals surface area contributed by atoms with Gasteiger partial charge in [0.05, 0.1) is 30.1 Å². The molecule has 5 fully saturated rings. The van der Waals surface area contributed by atoms with Crippen molar-refractivity contribution in [3.8, 4) is 0 Å². The molecule has 5 amide bonds. The van der Waals surface area contributed by atoms with Crippen LogP contribution < -0.4 is 27.0 Å². The summed E-state index contributed by atoms with van der Waals surface area (Å²) >= 11 is 0. The second kappa shape index (κ2) is 20.0. The first-order valence-corrected chi connectivity index (χ1v) is 21.9. The lowest BCUT2D eigenvalue weighted by molar-refractivity contribution is -0.199. The molecule has 3 saturated carbocycles. The highest BCUT2D eigenvalue weighted by molar-refractivity contribution is 6.48. The topological polar surface area (TPSA) is 256 Å². The van der Waals surface area contributed by atoms with E-state index >= 15 is 0 Å². The molecule has 0 spiro atoms. The minimum Gasteiger partial charge on any atom is -0.481 e. The molecule has 20 heteroatoms. The number of benzene rings is 1. The van der Waals surface area contributed by atoms with Gasteiger partial charge in [-0.05, 0) is 105 Å². The Morgan fingerprint density at radius 3 is 2.17 bits per heavy atom. The SMILES string of the molecule is CC(C)[C@H](NC(=O)[C@H](CCC(=O)O)NC(=O)[C@@H](N)CC(=O)O)C(=O)N[C@H](C(=O)N1CCC[C@@H]1C(=O)N[C@@H](CCc1cc(F)ccc1F)B1O[C@@H]2C[C@@H]3C[C@@H](C3(C)C)[C@]2(C)O1)C(C)C. The Bertz CT molecular complexity index is 1920. The molecular formula is C43H63BF2N6O11. The van der Waals surface area contributed by atoms with Crippen molar-refractivity contribution in [1.29, 1.82) is 0 Å². The molecule has 10 atom stereocenters. The predicted octanol–water partition coefficient (Wildman–Crippen LogP) is 2.07. The molecule has 5 aliphatic rings. The van der Waals surface area contributed by atoms with Crippen LogP contribution in [0.15, 0.2) is 18.2 Å². The third kappa shape index (κ3) is 11.2. The Morgan fingerprint density at radius 1 is 0.889 bits per heavy atom. The highest BCUT2D eigenvalue weighted by atomic mass is 19.1. The molecule has 2 saturated heterocycles. The zero-order chi connectivity index (χ0) is 46.7. The summed E-state index contributed by atoms with van der Waals surface area (Å²) in [6, 6.07) is -3.22. The van der Waals surface area contributed by atoms with Gasteiger partial charge in [-0.2, -0.15) is 0 Å². The summed E-state index contributed by atoms with van der Waals surface area (Å²) in [6.07, 6.45) is 0.839. The normalized spacial score (nSPS) is 25.8. The molecular weight excluding hydrogens is 825 g/mol. The number of carboxylic acids is 2. The Morgan fingerprint density at radius 2 is 1.56 bits per heavy atom. The standard InChI is InChI=1S/C43H63BF2N6O11/c1-21(2)35(50-38(58)28(13-15-33(53)54)48-37(57)27(47)20-34(55)56)40(60)51-36(22(3)4)41(61)52-16-8-9-29(52)39(59)49-32(14-10-23-17-25(45)11-12-26(23)46)44-62-31-19-24-18-30(42(24,5)6)43(31,7)63-44/h11-12,17,21-22,24,27-32,35-36H,8-10,13-16,18-20,47H2,1-7H3,(H,48,57)(H,49,59)(H,50,58)(H,51,60)(H,53,54)(H,55,56)/t24-,27-,28-,29+,30-,31+,32-,35-,36-,43-/m0/s1. The van der Waals surface area contributed by atoms with Crippen molar-refractivity contribution in [3.63, 3.8) is 0 Å². The maximum absolute atomic E-state index is 14.8. The zero-order valence-electron chi connectivity index (χ0n) is 37.1. The van der Waals surface area contributed by atoms with Gasteiger partial charge in [0.1, 0.15) is 35.8 Å². The first-order chi connectivity index (χ1) is 29.4. The number of aryl methyl sites for hydroxylation is 1. The second-order valence-electron chi connectivity index (χ2n) is 19.1. The largest absolute Gasteiger partial charge is 0.481 e. The van der Waals surface area contributed by atoms with Crippen molar-refractivity contribution in [2.75, 3.05) is 6.54 Å². The van der Waals surface area contributed by atoms with E-state index in [-0.39, 0.29) is 42.4 Å². The van der Waals surface area contributed by atoms with Crippen molar-refractivity contribution in [2.45, 2.75) is 154 Å². The molecule has 1 aromatic carbocycles. The van der Waals surface area contributed by atoms with E-state index in [2.05, 4.69) is 35.1 Å². The van der Waals surface area contributed by atoms with Gasteiger partial charge in [0.2, 0.25) is 29.5 Å². The van der Waals surface area contributed by atoms with Crippen molar-refractivity contribution in [1.82, 2.24) is 26.2 Å². The smallest absolute Gasteiger partial charge is 0.481 e. The number of hydrogen-bond donors (Lipinski definition) is 7. The fraction of sp³-hybridized carbons (Fsp3) is 0.698. The van der Waals surface area contributed by atoms with Crippen molar-refractivity contribution in [3.05, 3.63) is 35.4 Å². The second-order valence-corrected chi connectivity index (χ2v) is 19.1. The minimum absolute atomic E-state index is 0.0436. The summed E-state index contributed by atoms with van der Waals surface area (Å²) in [7, 11) is -0.898. The lowest BCUT2D eigenvalue weighted by Crippen LogP contribution is -2.65. The monoisotopic (exact) mass is 888 g/mol. The molecule has 2 heterocycles. The molecule has 6 rings (SSSR count). The third-order valence-corrected chi connectivity index (χ3v) is 13.7. The molecule has 3 aliphatic carbocycles. The summed E-state index contributed by atoms with van der Waals surface area (Å²) in [5.74, 6) is -8.75. The summed E-state index contributed by atoms with van der Waals surface area (Å²) in [6.45, 7) is 13.3. The number of nitrogens with zero attached hydrogens (tertiary/aromatic N) is 1. The van der Waals surface area contributed by atoms with Crippen LogP contribution >= 0.6 is 0 Å². The van der Waals surface area contributed by atoms with Crippen LogP contribution in [-0.4, -0.2) is 118 Å². The Hall–Kier alpha value is -4.69. The quantitative estimate of drug-likeness (QED) is 0.0930. The van der Waals surface area contributed by atoms with E-state index in [0.717, 1.165) is 31.0 Å². The van der Waals surface area contributed by atoms with Gasteiger partial charge in [-0.1, -0.05) is 41.5 Å². The van der Waals surface area contributed by atoms with Gasteiger partial charge in [-0.15, -0.1) is 0 Å². The number of rotatable bonds is 20. The molecule has 0 radical (unpaired) electrons. The van der Waals surface area contributed by atoms with Crippen molar-refractivity contribution < 1.29 is 61.9 Å². The van der Waals surface area contributed by atoms with Crippen LogP contribution in [0.1, 0.15) is 105 Å². The van der Waals surface area contributed by atoms with Gasteiger partial charge < -0.3 is 51.4 Å². The van der Waals surface area contributed by atoms with E-state index in [1.807, 2.05) is 6.92 Å². The van der Waals surface area contributed by atoms with Gasteiger partial charge in [0.15, 0.2) is 0 Å². The summed E-state index contributed by atoms with van der Waals surface area (Å²) in [5, 5.41) is 28.9. The third-order valence-electron chi connectivity index (χ3n) is 13.7. The number of amides is 5. The van der Waals surface area contributed by atoms with E-state index in [1.165, 1.54) is 4.90 Å². The highest BCUT2D eigenvalue weighted by Crippen LogP contribution is 2.65. The summed E-state index contributed by atoms with van der Waals surface area (Å²) in [4.78, 5) is 92.5. The van der Waals surface area contributed by atoms with E-state index in [1.54, 1.807) is 27.7 Å². The van der Waals surface area contributed by atoms with Crippen LogP contribution in [0.5, 0.6) is 0 Å². The van der Waals surface area contributed by atoms with Gasteiger partial charge >= 0.3 is 19.1 Å². The van der Waals surface area contributed by atoms with E-state index in [4.69, 9.17) is 20.1 Å². The number of nitrogens with one attached hydrogen (secondary N) is 4. The van der Waals surface area contributed by atoms with Gasteiger partial charge in [-0.25, -0.2) is 8.78 Å². The molecule has 2 aliphatic heterocycles. The number of carboxylic acid groups (broad SMARTS) is 2. The van der Waals surface area contributed by atoms with Crippen LogP contribution in [-0.2, 0) is 49.3 Å². The summed E-state index contributed by atoms with van der Waals surface area (Å²) in [5.41, 5.74) is 5.20. The maximum atomic E-state index is 14.8. The zero-order valence-corrected chi connectivity index (χ0v) is 37.1. The number of carbonyl (C=O) groups excluding carboxylic acids is 5.